The van der Waals surface area contributed by atoms with Crippen LogP contribution in [-0.2, 0) is 19.1 Å². The van der Waals surface area contributed by atoms with Gasteiger partial charge in [0.2, 0.25) is 11.8 Å². The fraction of sp³-hybridized carbons (Fsp3) is 0.238. The van der Waals surface area contributed by atoms with Crippen LogP contribution in [0.15, 0.2) is 42.5 Å². The lowest BCUT2D eigenvalue weighted by atomic mass is 10.1. The number of benzene rings is 2. The van der Waals surface area contributed by atoms with Gasteiger partial charge in [0, 0.05) is 24.3 Å². The van der Waals surface area contributed by atoms with E-state index in [1.54, 1.807) is 0 Å². The minimum absolute atomic E-state index is 0.0240. The smallest absolute Gasteiger partial charge is 0.337 e. The number of nitrogens with zero attached hydrogens (tertiary/aromatic N) is 1. The number of esters is 2. The van der Waals surface area contributed by atoms with E-state index in [2.05, 4.69) is 14.8 Å². The number of halogens is 1. The van der Waals surface area contributed by atoms with Crippen molar-refractivity contribution in [3.63, 3.8) is 0 Å². The van der Waals surface area contributed by atoms with Gasteiger partial charge in [-0.3, -0.25) is 9.59 Å². The van der Waals surface area contributed by atoms with E-state index in [9.17, 15) is 23.6 Å². The molecule has 1 saturated heterocycles. The van der Waals surface area contributed by atoms with Gasteiger partial charge in [-0.1, -0.05) is 0 Å². The van der Waals surface area contributed by atoms with Crippen LogP contribution in [0.1, 0.15) is 27.1 Å². The fourth-order valence-corrected chi connectivity index (χ4v) is 3.17. The Bertz CT molecular complexity index is 971. The molecule has 0 unspecified atom stereocenters. The van der Waals surface area contributed by atoms with Gasteiger partial charge in [0.25, 0.3) is 0 Å². The number of anilines is 2. The highest BCUT2D eigenvalue weighted by Crippen LogP contribution is 2.27. The van der Waals surface area contributed by atoms with E-state index in [0.717, 1.165) is 0 Å². The van der Waals surface area contributed by atoms with Crippen molar-refractivity contribution in [1.29, 1.82) is 0 Å². The second-order valence-electron chi connectivity index (χ2n) is 6.65. The molecular formula is C21H19FN2O6. The third kappa shape index (κ3) is 4.45. The number of nitrogens with one attached hydrogen (secondary N) is 1. The number of amides is 2. The van der Waals surface area contributed by atoms with Crippen molar-refractivity contribution in [3.05, 3.63) is 59.4 Å². The molecular weight excluding hydrogens is 395 g/mol. The summed E-state index contributed by atoms with van der Waals surface area (Å²) in [5, 5.41) is 2.63. The molecule has 1 atom stereocenters. The number of hydrogen-bond acceptors (Lipinski definition) is 6. The van der Waals surface area contributed by atoms with Crippen molar-refractivity contribution in [2.75, 3.05) is 31.0 Å². The summed E-state index contributed by atoms with van der Waals surface area (Å²) in [5.74, 6) is -3.17. The van der Waals surface area contributed by atoms with Gasteiger partial charge in [-0.05, 0) is 42.5 Å². The molecule has 0 aliphatic carbocycles. The number of carbonyl (C=O) groups excluding carboxylic acids is 4. The highest BCUT2D eigenvalue weighted by Gasteiger charge is 2.35. The SMILES string of the molecule is COC(=O)c1cc(NC(=O)[C@@H]2CC(=O)N(c3ccc(F)cc3)C2)cc(C(=O)OC)c1. The van der Waals surface area contributed by atoms with Gasteiger partial charge >= 0.3 is 11.9 Å². The Kier molecular flexibility index (Phi) is 6.10. The molecule has 0 spiro atoms. The molecule has 1 aliphatic rings. The van der Waals surface area contributed by atoms with Crippen molar-refractivity contribution in [2.45, 2.75) is 6.42 Å². The Morgan fingerprint density at radius 2 is 1.57 bits per heavy atom. The number of rotatable bonds is 5. The largest absolute Gasteiger partial charge is 0.465 e. The van der Waals surface area contributed by atoms with Crippen LogP contribution in [0.5, 0.6) is 0 Å². The second-order valence-corrected chi connectivity index (χ2v) is 6.65. The summed E-state index contributed by atoms with van der Waals surface area (Å²) in [4.78, 5) is 50.2. The van der Waals surface area contributed by atoms with E-state index in [4.69, 9.17) is 0 Å². The molecule has 0 aromatic heterocycles. The Hall–Kier alpha value is -3.75. The number of carbonyl (C=O) groups is 4. The first-order valence-corrected chi connectivity index (χ1v) is 9.01. The number of hydrogen-bond donors (Lipinski definition) is 1. The van der Waals surface area contributed by atoms with Crippen molar-refractivity contribution in [2.24, 2.45) is 5.92 Å². The Balaban J connectivity index is 1.78. The maximum atomic E-state index is 13.1. The molecule has 2 aromatic carbocycles. The zero-order chi connectivity index (χ0) is 21.8. The summed E-state index contributed by atoms with van der Waals surface area (Å²) in [6, 6.07) is 9.44. The van der Waals surface area contributed by atoms with Crippen LogP contribution < -0.4 is 10.2 Å². The first-order chi connectivity index (χ1) is 14.3. The fourth-order valence-electron chi connectivity index (χ4n) is 3.17. The van der Waals surface area contributed by atoms with Gasteiger partial charge in [0.05, 0.1) is 31.3 Å². The highest BCUT2D eigenvalue weighted by atomic mass is 19.1. The zero-order valence-electron chi connectivity index (χ0n) is 16.3. The van der Waals surface area contributed by atoms with Crippen LogP contribution in [0.25, 0.3) is 0 Å². The van der Waals surface area contributed by atoms with Crippen LogP contribution in [-0.4, -0.2) is 44.5 Å². The van der Waals surface area contributed by atoms with E-state index in [1.807, 2.05) is 0 Å². The summed E-state index contributed by atoms with van der Waals surface area (Å²) in [6.07, 6.45) is -0.0240. The summed E-state index contributed by atoms with van der Waals surface area (Å²) in [7, 11) is 2.39. The first kappa shape index (κ1) is 21.0. The van der Waals surface area contributed by atoms with Crippen molar-refractivity contribution in [3.8, 4) is 0 Å². The quantitative estimate of drug-likeness (QED) is 0.754. The van der Waals surface area contributed by atoms with E-state index in [1.165, 1.54) is 61.6 Å². The average molecular weight is 414 g/mol. The molecule has 1 heterocycles. The third-order valence-corrected chi connectivity index (χ3v) is 4.68. The molecule has 1 N–H and O–H groups in total. The summed E-state index contributed by atoms with van der Waals surface area (Å²) >= 11 is 0. The molecule has 1 aliphatic heterocycles. The Morgan fingerprint density at radius 1 is 1.00 bits per heavy atom. The normalized spacial score (nSPS) is 15.6. The van der Waals surface area contributed by atoms with Crippen LogP contribution >= 0.6 is 0 Å². The van der Waals surface area contributed by atoms with Crippen molar-refractivity contribution in [1.82, 2.24) is 0 Å². The molecule has 2 amide bonds. The summed E-state index contributed by atoms with van der Waals surface area (Å²) in [5.41, 5.74) is 0.811. The predicted molar refractivity (Wildman–Crippen MR) is 105 cm³/mol. The molecule has 3 rings (SSSR count). The lowest BCUT2D eigenvalue weighted by Crippen LogP contribution is -2.28. The minimum Gasteiger partial charge on any atom is -0.465 e. The molecule has 156 valence electrons. The molecule has 2 aromatic rings. The molecule has 0 bridgehead atoms. The summed E-state index contributed by atoms with van der Waals surface area (Å²) < 4.78 is 22.5. The van der Waals surface area contributed by atoms with Crippen molar-refractivity contribution < 1.29 is 33.0 Å². The van der Waals surface area contributed by atoms with Gasteiger partial charge in [-0.15, -0.1) is 0 Å². The summed E-state index contributed by atoms with van der Waals surface area (Å²) in [6.45, 7) is 0.122. The molecule has 1 fully saturated rings. The van der Waals surface area contributed by atoms with Crippen LogP contribution in [0.4, 0.5) is 15.8 Å². The molecule has 9 heteroatoms. The Morgan fingerprint density at radius 3 is 2.10 bits per heavy atom. The molecule has 0 radical (unpaired) electrons. The van der Waals surface area contributed by atoms with E-state index in [0.29, 0.717) is 5.69 Å². The predicted octanol–water partition coefficient (Wildman–Crippen LogP) is 2.39. The van der Waals surface area contributed by atoms with Crippen LogP contribution in [0.3, 0.4) is 0 Å². The number of ether oxygens (including phenoxy) is 2. The van der Waals surface area contributed by atoms with Gasteiger partial charge < -0.3 is 19.7 Å². The Labute approximate surface area is 171 Å². The second kappa shape index (κ2) is 8.73. The monoisotopic (exact) mass is 414 g/mol. The topological polar surface area (TPSA) is 102 Å². The van der Waals surface area contributed by atoms with Crippen molar-refractivity contribution >= 4 is 35.1 Å². The van der Waals surface area contributed by atoms with E-state index in [-0.39, 0.29) is 35.7 Å². The molecule has 30 heavy (non-hydrogen) atoms. The standard InChI is InChI=1S/C21H19FN2O6/c1-29-20(27)12-7-13(21(28)30-2)9-16(8-12)23-19(26)14-10-18(25)24(11-14)17-5-3-15(22)4-6-17/h3-9,14H,10-11H2,1-2H3,(H,23,26)/t14-/m1/s1. The minimum atomic E-state index is -0.685. The maximum absolute atomic E-state index is 13.1. The van der Waals surface area contributed by atoms with Gasteiger partial charge in [0.1, 0.15) is 5.82 Å². The van der Waals surface area contributed by atoms with Gasteiger partial charge in [-0.25, -0.2) is 14.0 Å². The average Bonchev–Trinajstić information content (AvgIpc) is 3.14. The zero-order valence-corrected chi connectivity index (χ0v) is 16.3. The van der Waals surface area contributed by atoms with Crippen LogP contribution in [0, 0.1) is 11.7 Å². The third-order valence-electron chi connectivity index (χ3n) is 4.68. The number of methoxy groups -OCH3 is 2. The molecule has 0 saturated carbocycles. The van der Waals surface area contributed by atoms with E-state index >= 15 is 0 Å². The van der Waals surface area contributed by atoms with Gasteiger partial charge in [0.15, 0.2) is 0 Å². The lowest BCUT2D eigenvalue weighted by Gasteiger charge is -2.17. The van der Waals surface area contributed by atoms with Crippen LogP contribution in [0.2, 0.25) is 0 Å². The highest BCUT2D eigenvalue weighted by molar-refractivity contribution is 6.04. The first-order valence-electron chi connectivity index (χ1n) is 9.01. The molecule has 8 nitrogen and oxygen atoms in total. The lowest BCUT2D eigenvalue weighted by molar-refractivity contribution is -0.122. The maximum Gasteiger partial charge on any atom is 0.337 e. The van der Waals surface area contributed by atoms with Gasteiger partial charge in [-0.2, -0.15) is 0 Å². The van der Waals surface area contributed by atoms with E-state index < -0.39 is 29.6 Å².